The van der Waals surface area contributed by atoms with Crippen molar-refractivity contribution in [3.63, 3.8) is 0 Å². The molecule has 0 aliphatic rings. The number of rotatable bonds is 2. The lowest BCUT2D eigenvalue weighted by Gasteiger charge is -2.13. The van der Waals surface area contributed by atoms with Crippen LogP contribution in [0.25, 0.3) is 10.8 Å². The zero-order chi connectivity index (χ0) is 10.8. The number of aromatic hydroxyl groups is 1. The monoisotopic (exact) mass is 200 g/mol. The summed E-state index contributed by atoms with van der Waals surface area (Å²) in [5, 5.41) is 12.0. The number of hydrogen-bond donors (Lipinski definition) is 1. The van der Waals surface area contributed by atoms with Crippen LogP contribution in [0.1, 0.15) is 31.7 Å². The highest BCUT2D eigenvalue weighted by Crippen LogP contribution is 2.31. The highest BCUT2D eigenvalue weighted by Gasteiger charge is 2.08. The maximum absolute atomic E-state index is 9.66. The molecule has 0 amide bonds. The topological polar surface area (TPSA) is 20.2 Å². The molecule has 1 atom stereocenters. The van der Waals surface area contributed by atoms with Crippen molar-refractivity contribution in [2.45, 2.75) is 26.2 Å². The molecular formula is C14H16O. The standard InChI is InChI=1S/C14H16O/c1-3-10(2)14-9-12(15)8-11-6-4-5-7-13(11)14/h4-10,15H,3H2,1-2H3. The average molecular weight is 200 g/mol. The van der Waals surface area contributed by atoms with Gasteiger partial charge in [-0.05, 0) is 40.8 Å². The van der Waals surface area contributed by atoms with E-state index in [2.05, 4.69) is 19.9 Å². The normalized spacial score (nSPS) is 12.9. The summed E-state index contributed by atoms with van der Waals surface area (Å²) in [5.41, 5.74) is 1.24. The number of fused-ring (bicyclic) bond motifs is 1. The Morgan fingerprint density at radius 3 is 2.67 bits per heavy atom. The minimum absolute atomic E-state index is 0.365. The Morgan fingerprint density at radius 1 is 1.20 bits per heavy atom. The second-order valence-electron chi connectivity index (χ2n) is 4.07. The van der Waals surface area contributed by atoms with Gasteiger partial charge in [-0.15, -0.1) is 0 Å². The molecule has 0 spiro atoms. The minimum Gasteiger partial charge on any atom is -0.508 e. The van der Waals surface area contributed by atoms with Crippen molar-refractivity contribution in [2.24, 2.45) is 0 Å². The SMILES string of the molecule is CCC(C)c1cc(O)cc2ccccc12. The van der Waals surface area contributed by atoms with Gasteiger partial charge in [-0.1, -0.05) is 38.1 Å². The second-order valence-corrected chi connectivity index (χ2v) is 4.07. The van der Waals surface area contributed by atoms with E-state index in [9.17, 15) is 5.11 Å². The van der Waals surface area contributed by atoms with E-state index in [1.165, 1.54) is 10.9 Å². The molecule has 1 nitrogen and oxygen atoms in total. The first kappa shape index (κ1) is 10.0. The summed E-state index contributed by atoms with van der Waals surface area (Å²) in [5.74, 6) is 0.853. The van der Waals surface area contributed by atoms with Crippen molar-refractivity contribution < 1.29 is 5.11 Å². The van der Waals surface area contributed by atoms with Crippen LogP contribution in [0.4, 0.5) is 0 Å². The zero-order valence-electron chi connectivity index (χ0n) is 9.20. The smallest absolute Gasteiger partial charge is 0.116 e. The molecule has 1 heteroatoms. The third kappa shape index (κ3) is 1.82. The third-order valence-corrected chi connectivity index (χ3v) is 3.02. The first-order valence-corrected chi connectivity index (χ1v) is 5.44. The van der Waals surface area contributed by atoms with Crippen LogP contribution in [0.5, 0.6) is 5.75 Å². The number of phenolic OH excluding ortho intramolecular Hbond substituents is 1. The molecule has 78 valence electrons. The predicted octanol–water partition coefficient (Wildman–Crippen LogP) is 4.06. The van der Waals surface area contributed by atoms with Gasteiger partial charge in [0.15, 0.2) is 0 Å². The highest BCUT2D eigenvalue weighted by atomic mass is 16.3. The van der Waals surface area contributed by atoms with Gasteiger partial charge in [-0.25, -0.2) is 0 Å². The van der Waals surface area contributed by atoms with Gasteiger partial charge in [0, 0.05) is 0 Å². The quantitative estimate of drug-likeness (QED) is 0.775. The van der Waals surface area contributed by atoms with Gasteiger partial charge in [-0.3, -0.25) is 0 Å². The Labute approximate surface area is 90.4 Å². The van der Waals surface area contributed by atoms with Crippen LogP contribution in [-0.2, 0) is 0 Å². The lowest BCUT2D eigenvalue weighted by atomic mass is 9.93. The third-order valence-electron chi connectivity index (χ3n) is 3.02. The van der Waals surface area contributed by atoms with E-state index in [1.54, 1.807) is 0 Å². The fourth-order valence-corrected chi connectivity index (χ4v) is 1.95. The molecule has 15 heavy (non-hydrogen) atoms. The lowest BCUT2D eigenvalue weighted by molar-refractivity contribution is 0.475. The summed E-state index contributed by atoms with van der Waals surface area (Å²) in [6, 6.07) is 11.9. The Balaban J connectivity index is 2.71. The number of benzene rings is 2. The molecule has 2 rings (SSSR count). The van der Waals surface area contributed by atoms with E-state index in [0.29, 0.717) is 11.7 Å². The van der Waals surface area contributed by atoms with Gasteiger partial charge in [0.25, 0.3) is 0 Å². The van der Waals surface area contributed by atoms with Crippen molar-refractivity contribution in [3.8, 4) is 5.75 Å². The van der Waals surface area contributed by atoms with Gasteiger partial charge in [0.1, 0.15) is 5.75 Å². The molecule has 2 aromatic carbocycles. The van der Waals surface area contributed by atoms with Crippen molar-refractivity contribution in [1.29, 1.82) is 0 Å². The fourth-order valence-electron chi connectivity index (χ4n) is 1.95. The van der Waals surface area contributed by atoms with Crippen LogP contribution in [-0.4, -0.2) is 5.11 Å². The average Bonchev–Trinajstić information content (AvgIpc) is 2.26. The van der Waals surface area contributed by atoms with Crippen molar-refractivity contribution in [2.75, 3.05) is 0 Å². The molecule has 0 radical (unpaired) electrons. The van der Waals surface area contributed by atoms with Gasteiger partial charge in [-0.2, -0.15) is 0 Å². The molecule has 0 saturated carbocycles. The Hall–Kier alpha value is -1.50. The van der Waals surface area contributed by atoms with E-state index in [-0.39, 0.29) is 0 Å². The molecular weight excluding hydrogens is 184 g/mol. The summed E-state index contributed by atoms with van der Waals surface area (Å²) < 4.78 is 0. The summed E-state index contributed by atoms with van der Waals surface area (Å²) in [4.78, 5) is 0. The molecule has 0 heterocycles. The minimum atomic E-state index is 0.365. The number of hydrogen-bond acceptors (Lipinski definition) is 1. The van der Waals surface area contributed by atoms with Crippen LogP contribution in [0, 0.1) is 0 Å². The highest BCUT2D eigenvalue weighted by molar-refractivity contribution is 5.87. The lowest BCUT2D eigenvalue weighted by Crippen LogP contribution is -1.92. The van der Waals surface area contributed by atoms with Gasteiger partial charge in [0.2, 0.25) is 0 Å². The van der Waals surface area contributed by atoms with Crippen LogP contribution in [0.2, 0.25) is 0 Å². The van der Waals surface area contributed by atoms with Gasteiger partial charge in [0.05, 0.1) is 0 Å². The van der Waals surface area contributed by atoms with Crippen LogP contribution in [0.15, 0.2) is 36.4 Å². The molecule has 1 N–H and O–H groups in total. The molecule has 0 fully saturated rings. The van der Waals surface area contributed by atoms with Crippen molar-refractivity contribution in [1.82, 2.24) is 0 Å². The van der Waals surface area contributed by atoms with Gasteiger partial charge >= 0.3 is 0 Å². The fraction of sp³-hybridized carbons (Fsp3) is 0.286. The van der Waals surface area contributed by atoms with E-state index < -0.39 is 0 Å². The largest absolute Gasteiger partial charge is 0.508 e. The number of phenols is 1. The summed E-state index contributed by atoms with van der Waals surface area (Å²) in [7, 11) is 0. The molecule has 1 unspecified atom stereocenters. The predicted molar refractivity (Wildman–Crippen MR) is 64.3 cm³/mol. The van der Waals surface area contributed by atoms with Crippen molar-refractivity contribution >= 4 is 10.8 Å². The molecule has 0 bridgehead atoms. The molecule has 0 aromatic heterocycles. The van der Waals surface area contributed by atoms with Crippen LogP contribution < -0.4 is 0 Å². The first-order valence-electron chi connectivity index (χ1n) is 5.44. The maximum Gasteiger partial charge on any atom is 0.116 e. The summed E-state index contributed by atoms with van der Waals surface area (Å²) >= 11 is 0. The van der Waals surface area contributed by atoms with E-state index in [1.807, 2.05) is 30.3 Å². The summed E-state index contributed by atoms with van der Waals surface area (Å²) in [6.07, 6.45) is 1.09. The Bertz CT molecular complexity index is 474. The van der Waals surface area contributed by atoms with Crippen LogP contribution >= 0.6 is 0 Å². The van der Waals surface area contributed by atoms with E-state index in [4.69, 9.17) is 0 Å². The Kier molecular flexibility index (Phi) is 2.63. The second kappa shape index (κ2) is 3.93. The van der Waals surface area contributed by atoms with E-state index >= 15 is 0 Å². The molecule has 2 aromatic rings. The summed E-state index contributed by atoms with van der Waals surface area (Å²) in [6.45, 7) is 4.37. The molecule has 0 aliphatic carbocycles. The maximum atomic E-state index is 9.66. The first-order chi connectivity index (χ1) is 7.22. The van der Waals surface area contributed by atoms with E-state index in [0.717, 1.165) is 11.8 Å². The molecule has 0 aliphatic heterocycles. The van der Waals surface area contributed by atoms with Crippen molar-refractivity contribution in [3.05, 3.63) is 42.0 Å². The molecule has 0 saturated heterocycles. The zero-order valence-corrected chi connectivity index (χ0v) is 9.20. The van der Waals surface area contributed by atoms with Gasteiger partial charge < -0.3 is 5.11 Å². The Morgan fingerprint density at radius 2 is 1.93 bits per heavy atom. The van der Waals surface area contributed by atoms with Crippen LogP contribution in [0.3, 0.4) is 0 Å².